The third-order valence-corrected chi connectivity index (χ3v) is 4.68. The molecule has 0 aliphatic rings. The molecule has 1 N–H and O–H groups in total. The Kier molecular flexibility index (Phi) is 9.35. The Morgan fingerprint density at radius 1 is 1.03 bits per heavy atom. The average Bonchev–Trinajstić information content (AvgIpc) is 2.72. The van der Waals surface area contributed by atoms with Crippen LogP contribution in [0.25, 0.3) is 0 Å². The minimum Gasteiger partial charge on any atom is -0.494 e. The number of carbonyl (C=O) groups is 3. The molecule has 2 rings (SSSR count). The van der Waals surface area contributed by atoms with Crippen molar-refractivity contribution in [3.8, 4) is 5.75 Å². The van der Waals surface area contributed by atoms with Gasteiger partial charge in [0.15, 0.2) is 12.4 Å². The summed E-state index contributed by atoms with van der Waals surface area (Å²) in [6.07, 6.45) is 1.84. The van der Waals surface area contributed by atoms with Crippen LogP contribution in [0.4, 0.5) is 5.69 Å². The van der Waals surface area contributed by atoms with Crippen molar-refractivity contribution in [3.63, 3.8) is 0 Å². The number of hydrogen-bond acceptors (Lipinski definition) is 5. The zero-order valence-corrected chi connectivity index (χ0v) is 18.0. The van der Waals surface area contributed by atoms with Crippen LogP contribution in [0.3, 0.4) is 0 Å². The fourth-order valence-electron chi connectivity index (χ4n) is 2.61. The number of amides is 1. The van der Waals surface area contributed by atoms with Gasteiger partial charge in [-0.25, -0.2) is 0 Å². The lowest BCUT2D eigenvalue weighted by molar-refractivity contribution is -0.142. The number of rotatable bonds is 11. The summed E-state index contributed by atoms with van der Waals surface area (Å²) in [6, 6.07) is 11.9. The van der Waals surface area contributed by atoms with E-state index in [1.165, 1.54) is 0 Å². The van der Waals surface area contributed by atoms with E-state index in [2.05, 4.69) is 5.32 Å². The van der Waals surface area contributed by atoms with E-state index < -0.39 is 5.97 Å². The predicted molar refractivity (Wildman–Crippen MR) is 116 cm³/mol. The molecule has 1 amide bonds. The highest BCUT2D eigenvalue weighted by Gasteiger charge is 2.11. The van der Waals surface area contributed by atoms with Crippen molar-refractivity contribution in [2.45, 2.75) is 39.5 Å². The molecule has 0 bridgehead atoms. The predicted octanol–water partition coefficient (Wildman–Crippen LogP) is 4.97. The minimum absolute atomic E-state index is 0.0688. The second kappa shape index (κ2) is 12.0. The molecular weight excluding hydrogens is 406 g/mol. The highest BCUT2D eigenvalue weighted by atomic mass is 35.5. The minimum atomic E-state index is -0.456. The van der Waals surface area contributed by atoms with Crippen LogP contribution in [0.2, 0.25) is 5.02 Å². The first kappa shape index (κ1) is 23.4. The first-order chi connectivity index (χ1) is 14.4. The molecule has 0 fully saturated rings. The van der Waals surface area contributed by atoms with Crippen LogP contribution in [0.5, 0.6) is 5.75 Å². The Bertz CT molecular complexity index is 880. The first-order valence-corrected chi connectivity index (χ1v) is 10.2. The third-order valence-electron chi connectivity index (χ3n) is 4.26. The van der Waals surface area contributed by atoms with E-state index in [9.17, 15) is 14.4 Å². The lowest BCUT2D eigenvalue weighted by Gasteiger charge is -2.08. The molecule has 0 aromatic heterocycles. The molecule has 0 radical (unpaired) electrons. The third kappa shape index (κ3) is 7.87. The maximum atomic E-state index is 12.2. The lowest BCUT2D eigenvalue weighted by Crippen LogP contribution is -2.15. The standard InChI is InChI=1S/C23H26ClNO5/c1-3-5-22(27)25-18-9-7-17(8-10-18)21(26)15-30-23(28)6-4-13-29-19-11-12-20(24)16(2)14-19/h7-12,14H,3-6,13,15H2,1-2H3,(H,25,27). The summed E-state index contributed by atoms with van der Waals surface area (Å²) in [5, 5.41) is 3.42. The van der Waals surface area contributed by atoms with Gasteiger partial charge in [-0.2, -0.15) is 0 Å². The molecule has 0 spiro atoms. The number of benzene rings is 2. The zero-order chi connectivity index (χ0) is 21.9. The van der Waals surface area contributed by atoms with Crippen LogP contribution in [-0.2, 0) is 14.3 Å². The number of nitrogens with one attached hydrogen (secondary N) is 1. The molecule has 0 atom stereocenters. The van der Waals surface area contributed by atoms with Crippen LogP contribution >= 0.6 is 11.6 Å². The van der Waals surface area contributed by atoms with Crippen LogP contribution in [-0.4, -0.2) is 30.9 Å². The Hall–Kier alpha value is -2.86. The molecule has 160 valence electrons. The van der Waals surface area contributed by atoms with Crippen LogP contribution < -0.4 is 10.1 Å². The van der Waals surface area contributed by atoms with E-state index in [0.29, 0.717) is 41.5 Å². The van der Waals surface area contributed by atoms with Gasteiger partial charge in [0.1, 0.15) is 5.75 Å². The molecule has 0 heterocycles. The normalized spacial score (nSPS) is 10.4. The van der Waals surface area contributed by atoms with E-state index in [1.807, 2.05) is 19.9 Å². The highest BCUT2D eigenvalue weighted by molar-refractivity contribution is 6.31. The summed E-state index contributed by atoms with van der Waals surface area (Å²) in [5.41, 5.74) is 1.96. The maximum Gasteiger partial charge on any atom is 0.306 e. The van der Waals surface area contributed by atoms with Crippen LogP contribution in [0.1, 0.15) is 48.5 Å². The van der Waals surface area contributed by atoms with Crippen molar-refractivity contribution < 1.29 is 23.9 Å². The summed E-state index contributed by atoms with van der Waals surface area (Å²) in [4.78, 5) is 35.6. The lowest BCUT2D eigenvalue weighted by atomic mass is 10.1. The number of ketones is 1. The van der Waals surface area contributed by atoms with E-state index in [-0.39, 0.29) is 24.7 Å². The Balaban J connectivity index is 1.68. The Morgan fingerprint density at radius 3 is 2.43 bits per heavy atom. The molecule has 2 aromatic rings. The van der Waals surface area contributed by atoms with Gasteiger partial charge in [0.25, 0.3) is 0 Å². The zero-order valence-electron chi connectivity index (χ0n) is 17.2. The van der Waals surface area contributed by atoms with Crippen LogP contribution in [0.15, 0.2) is 42.5 Å². The van der Waals surface area contributed by atoms with Crippen molar-refractivity contribution in [3.05, 3.63) is 58.6 Å². The first-order valence-electron chi connectivity index (χ1n) is 9.86. The van der Waals surface area contributed by atoms with Crippen molar-refractivity contribution in [2.75, 3.05) is 18.5 Å². The van der Waals surface area contributed by atoms with E-state index in [0.717, 1.165) is 12.0 Å². The number of hydrogen-bond donors (Lipinski definition) is 1. The summed E-state index contributed by atoms with van der Waals surface area (Å²) >= 11 is 5.97. The van der Waals surface area contributed by atoms with Gasteiger partial charge >= 0.3 is 5.97 Å². The van der Waals surface area contributed by atoms with Crippen molar-refractivity contribution in [1.82, 2.24) is 0 Å². The van der Waals surface area contributed by atoms with Crippen molar-refractivity contribution >= 4 is 34.9 Å². The number of carbonyl (C=O) groups excluding carboxylic acids is 3. The molecule has 30 heavy (non-hydrogen) atoms. The number of aryl methyl sites for hydroxylation is 1. The summed E-state index contributed by atoms with van der Waals surface area (Å²) in [6.45, 7) is 3.85. The molecular formula is C23H26ClNO5. The topological polar surface area (TPSA) is 81.7 Å². The number of esters is 1. The number of Topliss-reactive ketones (excluding diaryl/α,β-unsaturated/α-hetero) is 1. The van der Waals surface area contributed by atoms with Crippen molar-refractivity contribution in [2.24, 2.45) is 0 Å². The van der Waals surface area contributed by atoms with Gasteiger partial charge in [-0.05, 0) is 67.8 Å². The van der Waals surface area contributed by atoms with Gasteiger partial charge in [-0.15, -0.1) is 0 Å². The molecule has 0 saturated carbocycles. The summed E-state index contributed by atoms with van der Waals surface area (Å²) in [7, 11) is 0. The SMILES string of the molecule is CCCC(=O)Nc1ccc(C(=O)COC(=O)CCCOc2ccc(Cl)c(C)c2)cc1. The van der Waals surface area contributed by atoms with Gasteiger partial charge in [0.05, 0.1) is 6.61 Å². The molecule has 6 nitrogen and oxygen atoms in total. The fraction of sp³-hybridized carbons (Fsp3) is 0.348. The van der Waals surface area contributed by atoms with Gasteiger partial charge in [0.2, 0.25) is 5.91 Å². The van der Waals surface area contributed by atoms with Gasteiger partial charge in [-0.1, -0.05) is 18.5 Å². The highest BCUT2D eigenvalue weighted by Crippen LogP contribution is 2.21. The smallest absolute Gasteiger partial charge is 0.306 e. The molecule has 7 heteroatoms. The maximum absolute atomic E-state index is 12.2. The molecule has 0 saturated heterocycles. The second-order valence-electron chi connectivity index (χ2n) is 6.82. The largest absolute Gasteiger partial charge is 0.494 e. The molecule has 0 aliphatic carbocycles. The van der Waals surface area contributed by atoms with Gasteiger partial charge in [0, 0.05) is 29.1 Å². The van der Waals surface area contributed by atoms with E-state index in [4.69, 9.17) is 21.1 Å². The average molecular weight is 432 g/mol. The van der Waals surface area contributed by atoms with E-state index >= 15 is 0 Å². The Labute approximate surface area is 181 Å². The van der Waals surface area contributed by atoms with Gasteiger partial charge < -0.3 is 14.8 Å². The second-order valence-corrected chi connectivity index (χ2v) is 7.23. The quantitative estimate of drug-likeness (QED) is 0.308. The number of anilines is 1. The van der Waals surface area contributed by atoms with Crippen LogP contribution in [0, 0.1) is 6.92 Å². The van der Waals surface area contributed by atoms with Crippen molar-refractivity contribution in [1.29, 1.82) is 0 Å². The monoisotopic (exact) mass is 431 g/mol. The number of halogens is 1. The van der Waals surface area contributed by atoms with E-state index in [1.54, 1.807) is 36.4 Å². The summed E-state index contributed by atoms with van der Waals surface area (Å²) in [5.74, 6) is -0.138. The molecule has 2 aromatic carbocycles. The molecule has 0 aliphatic heterocycles. The number of ether oxygens (including phenoxy) is 2. The summed E-state index contributed by atoms with van der Waals surface area (Å²) < 4.78 is 10.6. The fourth-order valence-corrected chi connectivity index (χ4v) is 2.72. The van der Waals surface area contributed by atoms with Gasteiger partial charge in [-0.3, -0.25) is 14.4 Å². The molecule has 0 unspecified atom stereocenters. The Morgan fingerprint density at radius 2 is 1.77 bits per heavy atom.